The monoisotopic (exact) mass is 477 g/mol. The molecule has 32 heavy (non-hydrogen) atoms. The van der Waals surface area contributed by atoms with Crippen molar-refractivity contribution in [3.63, 3.8) is 0 Å². The number of nitrogens with one attached hydrogen (secondary N) is 4. The second kappa shape index (κ2) is 12.4. The number of carbonyl (C=O) groups excluding carboxylic acids is 1. The molecule has 0 bridgehead atoms. The molecule has 3 fully saturated rings. The van der Waals surface area contributed by atoms with Crippen molar-refractivity contribution in [3.8, 4) is 0 Å². The number of ether oxygens (including phenoxy) is 1. The third-order valence-corrected chi connectivity index (χ3v) is 7.22. The molecule has 0 aromatic carbocycles. The Morgan fingerprint density at radius 3 is 2.59 bits per heavy atom. The van der Waals surface area contributed by atoms with Crippen molar-refractivity contribution < 1.29 is 18.3 Å². The predicted molar refractivity (Wildman–Crippen MR) is 122 cm³/mol. The molecule has 1 saturated heterocycles. The van der Waals surface area contributed by atoms with Crippen LogP contribution in [0.15, 0.2) is 4.99 Å². The van der Waals surface area contributed by atoms with Gasteiger partial charge in [0.05, 0.1) is 12.0 Å². The summed E-state index contributed by atoms with van der Waals surface area (Å²) in [5.41, 5.74) is 6.50. The van der Waals surface area contributed by atoms with E-state index < -0.39 is 23.6 Å². The van der Waals surface area contributed by atoms with Crippen LogP contribution in [0.3, 0.4) is 0 Å². The van der Waals surface area contributed by atoms with Gasteiger partial charge < -0.3 is 10.1 Å². The Labute approximate surface area is 194 Å². The molecule has 1 heterocycles. The van der Waals surface area contributed by atoms with Gasteiger partial charge in [-0.25, -0.2) is 19.2 Å². The van der Waals surface area contributed by atoms with Crippen LogP contribution in [0.2, 0.25) is 0 Å². The van der Waals surface area contributed by atoms with Crippen LogP contribution in [-0.4, -0.2) is 61.1 Å². The number of amides is 1. The summed E-state index contributed by atoms with van der Waals surface area (Å²) < 4.78 is 33.0. The van der Waals surface area contributed by atoms with Gasteiger partial charge in [-0.15, -0.1) is 11.6 Å². The summed E-state index contributed by atoms with van der Waals surface area (Å²) in [6.07, 6.45) is 2.84. The first kappa shape index (κ1) is 25.6. The largest absolute Gasteiger partial charge is 0.380 e. The lowest BCUT2D eigenvalue weighted by molar-refractivity contribution is -0.125. The maximum Gasteiger partial charge on any atom is 0.229 e. The maximum absolute atomic E-state index is 14.0. The van der Waals surface area contributed by atoms with Crippen molar-refractivity contribution in [3.05, 3.63) is 0 Å². The van der Waals surface area contributed by atoms with Crippen molar-refractivity contribution in [2.24, 2.45) is 16.8 Å². The fourth-order valence-electron chi connectivity index (χ4n) is 4.80. The molecule has 0 aromatic rings. The molecule has 6 atom stereocenters. The van der Waals surface area contributed by atoms with Crippen LogP contribution >= 0.6 is 11.6 Å². The van der Waals surface area contributed by atoms with E-state index in [1.165, 1.54) is 0 Å². The number of aliphatic imine (C=N–C) groups is 1. The SMILES string of the molecule is CCOC[C@H](C)N/C(=N/C1CC(C2CCC(F)CC2)NN1)NC(=O)C1CCC(Cl)C(F)C1. The highest BCUT2D eigenvalue weighted by Gasteiger charge is 2.35. The fraction of sp³-hybridized carbons (Fsp3) is 0.909. The second-order valence-corrected chi connectivity index (χ2v) is 9.93. The summed E-state index contributed by atoms with van der Waals surface area (Å²) in [6.45, 7) is 4.95. The molecule has 184 valence electrons. The molecule has 0 radical (unpaired) electrons. The van der Waals surface area contributed by atoms with Gasteiger partial charge in [0, 0.05) is 31.0 Å². The minimum atomic E-state index is -1.17. The van der Waals surface area contributed by atoms with Gasteiger partial charge in [-0.3, -0.25) is 15.5 Å². The van der Waals surface area contributed by atoms with Crippen LogP contribution in [0.1, 0.15) is 65.2 Å². The van der Waals surface area contributed by atoms with Gasteiger partial charge in [0.1, 0.15) is 18.5 Å². The number of hydrazine groups is 1. The normalized spacial score (nSPS) is 37.2. The number of alkyl halides is 3. The number of hydrogen-bond donors (Lipinski definition) is 4. The molecule has 3 aliphatic rings. The quantitative estimate of drug-likeness (QED) is 0.257. The van der Waals surface area contributed by atoms with Crippen LogP contribution < -0.4 is 21.5 Å². The van der Waals surface area contributed by atoms with Crippen molar-refractivity contribution in [2.45, 2.75) is 101 Å². The zero-order chi connectivity index (χ0) is 23.1. The number of carbonyl (C=O) groups is 1. The van der Waals surface area contributed by atoms with E-state index in [1.807, 2.05) is 13.8 Å². The molecule has 10 heteroatoms. The highest BCUT2D eigenvalue weighted by atomic mass is 35.5. The number of rotatable bonds is 7. The first-order chi connectivity index (χ1) is 15.4. The van der Waals surface area contributed by atoms with Crippen LogP contribution in [0, 0.1) is 11.8 Å². The van der Waals surface area contributed by atoms with E-state index in [2.05, 4.69) is 21.5 Å². The number of hydrogen-bond acceptors (Lipinski definition) is 5. The lowest BCUT2D eigenvalue weighted by atomic mass is 9.82. The topological polar surface area (TPSA) is 86.8 Å². The van der Waals surface area contributed by atoms with E-state index in [-0.39, 0.29) is 30.6 Å². The van der Waals surface area contributed by atoms with E-state index in [0.717, 1.165) is 19.3 Å². The Kier molecular flexibility index (Phi) is 9.95. The standard InChI is InChI=1S/C22H38ClF2N5O2/c1-3-32-12-13(2)26-22(28-21(31)15-6-9-17(23)18(25)10-15)27-20-11-19(29-30-20)14-4-7-16(24)8-5-14/h13-20,29-30H,3-12H2,1-2H3,(H2,26,27,28,31)/t13-,14?,15?,16?,17?,18?,19?,20?/m0/s1. The first-order valence-electron chi connectivity index (χ1n) is 12.0. The van der Waals surface area contributed by atoms with Crippen LogP contribution in [0.4, 0.5) is 8.78 Å². The number of halogens is 3. The van der Waals surface area contributed by atoms with Crippen LogP contribution in [-0.2, 0) is 9.53 Å². The van der Waals surface area contributed by atoms with Crippen LogP contribution in [0.25, 0.3) is 0 Å². The summed E-state index contributed by atoms with van der Waals surface area (Å²) in [4.78, 5) is 17.5. The highest BCUT2D eigenvalue weighted by molar-refractivity contribution is 6.21. The highest BCUT2D eigenvalue weighted by Crippen LogP contribution is 2.32. The summed E-state index contributed by atoms with van der Waals surface area (Å²) in [5.74, 6) is 0.116. The predicted octanol–water partition coefficient (Wildman–Crippen LogP) is 2.94. The molecular weight excluding hydrogens is 440 g/mol. The van der Waals surface area contributed by atoms with Gasteiger partial charge in [-0.1, -0.05) is 0 Å². The molecule has 1 aliphatic heterocycles. The minimum Gasteiger partial charge on any atom is -0.380 e. The van der Waals surface area contributed by atoms with Crippen LogP contribution in [0.5, 0.6) is 0 Å². The molecule has 2 aliphatic carbocycles. The molecule has 7 nitrogen and oxygen atoms in total. The second-order valence-electron chi connectivity index (χ2n) is 9.37. The lowest BCUT2D eigenvalue weighted by Crippen LogP contribution is -2.50. The van der Waals surface area contributed by atoms with Gasteiger partial charge in [0.25, 0.3) is 0 Å². The summed E-state index contributed by atoms with van der Waals surface area (Å²) in [6, 6.07) is 0.159. The van der Waals surface area contributed by atoms with Crippen molar-refractivity contribution >= 4 is 23.5 Å². The summed E-state index contributed by atoms with van der Waals surface area (Å²) in [7, 11) is 0. The Morgan fingerprint density at radius 1 is 1.16 bits per heavy atom. The Bertz CT molecular complexity index is 635. The van der Waals surface area contributed by atoms with E-state index in [0.29, 0.717) is 50.8 Å². The molecular formula is C22H38ClF2N5O2. The van der Waals surface area contributed by atoms with E-state index in [9.17, 15) is 13.6 Å². The molecule has 5 unspecified atom stereocenters. The lowest BCUT2D eigenvalue weighted by Gasteiger charge is -2.28. The van der Waals surface area contributed by atoms with Gasteiger partial charge in [0.15, 0.2) is 5.96 Å². The Morgan fingerprint density at radius 2 is 1.91 bits per heavy atom. The molecule has 1 amide bonds. The third kappa shape index (κ3) is 7.50. The number of nitrogens with zero attached hydrogens (tertiary/aromatic N) is 1. The minimum absolute atomic E-state index is 0.0634. The van der Waals surface area contributed by atoms with Gasteiger partial charge in [0.2, 0.25) is 5.91 Å². The molecule has 2 saturated carbocycles. The third-order valence-electron chi connectivity index (χ3n) is 6.73. The average Bonchev–Trinajstić information content (AvgIpc) is 3.23. The Balaban J connectivity index is 1.60. The summed E-state index contributed by atoms with van der Waals surface area (Å²) >= 11 is 5.97. The van der Waals surface area contributed by atoms with Crippen molar-refractivity contribution in [1.82, 2.24) is 21.5 Å². The zero-order valence-corrected chi connectivity index (χ0v) is 19.8. The van der Waals surface area contributed by atoms with Gasteiger partial charge in [-0.05, 0) is 64.7 Å². The first-order valence-corrected chi connectivity index (χ1v) is 12.5. The van der Waals surface area contributed by atoms with Crippen molar-refractivity contribution in [2.75, 3.05) is 13.2 Å². The van der Waals surface area contributed by atoms with E-state index >= 15 is 0 Å². The van der Waals surface area contributed by atoms with E-state index in [4.69, 9.17) is 21.3 Å². The molecule has 4 N–H and O–H groups in total. The van der Waals surface area contributed by atoms with Crippen molar-refractivity contribution in [1.29, 1.82) is 0 Å². The number of guanidine groups is 1. The maximum atomic E-state index is 14.0. The van der Waals surface area contributed by atoms with Gasteiger partial charge >= 0.3 is 0 Å². The smallest absolute Gasteiger partial charge is 0.229 e. The molecule has 0 aromatic heterocycles. The molecule has 0 spiro atoms. The zero-order valence-electron chi connectivity index (χ0n) is 19.1. The Hall–Kier alpha value is -1.03. The van der Waals surface area contributed by atoms with E-state index in [1.54, 1.807) is 0 Å². The average molecular weight is 478 g/mol. The summed E-state index contributed by atoms with van der Waals surface area (Å²) in [5, 5.41) is 5.58. The van der Waals surface area contributed by atoms with Gasteiger partial charge in [-0.2, -0.15) is 0 Å². The fourth-order valence-corrected chi connectivity index (χ4v) is 5.03. The molecule has 3 rings (SSSR count).